The zero-order valence-corrected chi connectivity index (χ0v) is 7.88. The molecular formula is C10H16N2O. The van der Waals surface area contributed by atoms with Gasteiger partial charge < -0.3 is 4.90 Å². The first-order chi connectivity index (χ1) is 6.29. The zero-order chi connectivity index (χ0) is 9.26. The maximum atomic E-state index is 11.5. The second kappa shape index (κ2) is 3.48. The molecule has 1 amide bonds. The summed E-state index contributed by atoms with van der Waals surface area (Å²) < 4.78 is 0. The average Bonchev–Trinajstić information content (AvgIpc) is 2.49. The van der Waals surface area contributed by atoms with Crippen LogP contribution in [0.1, 0.15) is 38.5 Å². The van der Waals surface area contributed by atoms with Crippen molar-refractivity contribution < 1.29 is 4.79 Å². The summed E-state index contributed by atoms with van der Waals surface area (Å²) in [6, 6.07) is 0.448. The van der Waals surface area contributed by atoms with Crippen molar-refractivity contribution in [2.45, 2.75) is 44.6 Å². The minimum Gasteiger partial charge on any atom is -0.334 e. The Morgan fingerprint density at radius 3 is 2.46 bits per heavy atom. The zero-order valence-electron chi connectivity index (χ0n) is 7.88. The lowest BCUT2D eigenvalue weighted by Crippen LogP contribution is -2.38. The number of likely N-dealkylation sites (tertiary alicyclic amines) is 1. The van der Waals surface area contributed by atoms with Crippen LogP contribution in [0, 0.1) is 5.41 Å². The highest BCUT2D eigenvalue weighted by molar-refractivity contribution is 6.39. The highest BCUT2D eigenvalue weighted by atomic mass is 16.2. The molecule has 2 aliphatic rings. The van der Waals surface area contributed by atoms with Crippen LogP contribution in [0.5, 0.6) is 0 Å². The molecule has 0 atom stereocenters. The Bertz CT molecular complexity index is 231. The lowest BCUT2D eigenvalue weighted by molar-refractivity contribution is -0.125. The number of hydrogen-bond acceptors (Lipinski definition) is 2. The first-order valence-electron chi connectivity index (χ1n) is 5.17. The second-order valence-corrected chi connectivity index (χ2v) is 4.02. The first-order valence-corrected chi connectivity index (χ1v) is 5.17. The lowest BCUT2D eigenvalue weighted by atomic mass is 9.94. The Balaban J connectivity index is 2.00. The molecule has 1 saturated heterocycles. The van der Waals surface area contributed by atoms with Gasteiger partial charge in [0, 0.05) is 19.0 Å². The molecule has 0 aromatic heterocycles. The minimum absolute atomic E-state index is 0.00750. The fraction of sp³-hybridized carbons (Fsp3) is 0.800. The van der Waals surface area contributed by atoms with Crippen molar-refractivity contribution in [2.75, 3.05) is 6.54 Å². The van der Waals surface area contributed by atoms with Crippen LogP contribution < -0.4 is 0 Å². The summed E-state index contributed by atoms with van der Waals surface area (Å²) in [6.07, 6.45) is 6.78. The van der Waals surface area contributed by atoms with E-state index in [1.807, 2.05) is 4.90 Å². The molecular weight excluding hydrogens is 164 g/mol. The van der Waals surface area contributed by atoms with Crippen molar-refractivity contribution in [2.24, 2.45) is 0 Å². The number of nitrogens with zero attached hydrogens (tertiary/aromatic N) is 1. The van der Waals surface area contributed by atoms with Crippen molar-refractivity contribution in [1.82, 2.24) is 4.90 Å². The predicted octanol–water partition coefficient (Wildman–Crippen LogP) is 1.57. The monoisotopic (exact) mass is 180 g/mol. The third-order valence-electron chi connectivity index (χ3n) is 3.14. The SMILES string of the molecule is N=C1CCN(C2CCCCC2)C1=O. The van der Waals surface area contributed by atoms with Gasteiger partial charge in [-0.05, 0) is 12.8 Å². The van der Waals surface area contributed by atoms with Gasteiger partial charge in [-0.2, -0.15) is 0 Å². The molecule has 0 aromatic rings. The highest BCUT2D eigenvalue weighted by Crippen LogP contribution is 2.25. The molecule has 0 aromatic carbocycles. The van der Waals surface area contributed by atoms with Gasteiger partial charge in [0.15, 0.2) is 0 Å². The molecule has 2 rings (SSSR count). The van der Waals surface area contributed by atoms with Crippen LogP contribution in [0.4, 0.5) is 0 Å². The maximum absolute atomic E-state index is 11.5. The number of amides is 1. The van der Waals surface area contributed by atoms with Crippen LogP contribution >= 0.6 is 0 Å². The summed E-state index contributed by atoms with van der Waals surface area (Å²) >= 11 is 0. The molecule has 1 aliphatic carbocycles. The third-order valence-corrected chi connectivity index (χ3v) is 3.14. The van der Waals surface area contributed by atoms with Crippen molar-refractivity contribution in [1.29, 1.82) is 5.41 Å². The third kappa shape index (κ3) is 1.60. The fourth-order valence-corrected chi connectivity index (χ4v) is 2.36. The van der Waals surface area contributed by atoms with E-state index in [2.05, 4.69) is 0 Å². The molecule has 3 nitrogen and oxygen atoms in total. The van der Waals surface area contributed by atoms with Crippen LogP contribution in [0.25, 0.3) is 0 Å². The first kappa shape index (κ1) is 8.73. The summed E-state index contributed by atoms with van der Waals surface area (Å²) in [5, 5.41) is 7.41. The van der Waals surface area contributed by atoms with Crippen molar-refractivity contribution in [3.63, 3.8) is 0 Å². The normalized spacial score (nSPS) is 25.7. The second-order valence-electron chi connectivity index (χ2n) is 4.02. The van der Waals surface area contributed by atoms with Crippen LogP contribution in [-0.2, 0) is 4.79 Å². The summed E-state index contributed by atoms with van der Waals surface area (Å²) in [5.74, 6) is -0.00750. The van der Waals surface area contributed by atoms with Crippen molar-refractivity contribution >= 4 is 11.6 Å². The van der Waals surface area contributed by atoms with E-state index in [0.29, 0.717) is 18.2 Å². The number of carbonyl (C=O) groups is 1. The Kier molecular flexibility index (Phi) is 2.34. The van der Waals surface area contributed by atoms with Gasteiger partial charge in [0.2, 0.25) is 0 Å². The Labute approximate surface area is 78.6 Å². The Morgan fingerprint density at radius 1 is 1.23 bits per heavy atom. The van der Waals surface area contributed by atoms with Gasteiger partial charge >= 0.3 is 0 Å². The molecule has 13 heavy (non-hydrogen) atoms. The fourth-order valence-electron chi connectivity index (χ4n) is 2.36. The van der Waals surface area contributed by atoms with Crippen molar-refractivity contribution in [3.05, 3.63) is 0 Å². The summed E-state index contributed by atoms with van der Waals surface area (Å²) in [7, 11) is 0. The van der Waals surface area contributed by atoms with Gasteiger partial charge in [0.25, 0.3) is 5.91 Å². The van der Waals surface area contributed by atoms with E-state index < -0.39 is 0 Å². The molecule has 0 radical (unpaired) electrons. The van der Waals surface area contributed by atoms with E-state index >= 15 is 0 Å². The smallest absolute Gasteiger partial charge is 0.267 e. The number of hydrogen-bond donors (Lipinski definition) is 1. The summed E-state index contributed by atoms with van der Waals surface area (Å²) in [4.78, 5) is 13.4. The summed E-state index contributed by atoms with van der Waals surface area (Å²) in [5.41, 5.74) is 0.311. The van der Waals surface area contributed by atoms with E-state index in [9.17, 15) is 4.79 Å². The van der Waals surface area contributed by atoms with E-state index in [-0.39, 0.29) is 5.91 Å². The lowest BCUT2D eigenvalue weighted by Gasteiger charge is -2.30. The van der Waals surface area contributed by atoms with Crippen molar-refractivity contribution in [3.8, 4) is 0 Å². The minimum atomic E-state index is -0.00750. The van der Waals surface area contributed by atoms with Gasteiger partial charge in [0.1, 0.15) is 0 Å². The standard InChI is InChI=1S/C10H16N2O/c11-9-6-7-12(10(9)13)8-4-2-1-3-5-8/h8,11H,1-7H2. The molecule has 1 heterocycles. The molecule has 1 saturated carbocycles. The molecule has 1 aliphatic heterocycles. The van der Waals surface area contributed by atoms with Gasteiger partial charge in [-0.15, -0.1) is 0 Å². The van der Waals surface area contributed by atoms with Gasteiger partial charge in [-0.3, -0.25) is 10.2 Å². The Morgan fingerprint density at radius 2 is 1.92 bits per heavy atom. The van der Waals surface area contributed by atoms with E-state index in [0.717, 1.165) is 19.4 Å². The molecule has 1 N–H and O–H groups in total. The van der Waals surface area contributed by atoms with Gasteiger partial charge in [-0.1, -0.05) is 19.3 Å². The van der Waals surface area contributed by atoms with Crippen LogP contribution in [0.2, 0.25) is 0 Å². The molecule has 0 bridgehead atoms. The topological polar surface area (TPSA) is 44.2 Å². The predicted molar refractivity (Wildman–Crippen MR) is 50.9 cm³/mol. The summed E-state index contributed by atoms with van der Waals surface area (Å²) in [6.45, 7) is 0.794. The van der Waals surface area contributed by atoms with Gasteiger partial charge in [0.05, 0.1) is 5.71 Å². The molecule has 2 fully saturated rings. The van der Waals surface area contributed by atoms with E-state index in [4.69, 9.17) is 5.41 Å². The largest absolute Gasteiger partial charge is 0.334 e. The maximum Gasteiger partial charge on any atom is 0.267 e. The Hall–Kier alpha value is -0.860. The van der Waals surface area contributed by atoms with E-state index in [1.54, 1.807) is 0 Å². The quantitative estimate of drug-likeness (QED) is 0.654. The number of nitrogens with one attached hydrogen (secondary N) is 1. The molecule has 72 valence electrons. The number of rotatable bonds is 1. The average molecular weight is 180 g/mol. The number of carbonyl (C=O) groups excluding carboxylic acids is 1. The highest BCUT2D eigenvalue weighted by Gasteiger charge is 2.32. The van der Waals surface area contributed by atoms with Crippen LogP contribution in [0.15, 0.2) is 0 Å². The molecule has 0 unspecified atom stereocenters. The molecule has 0 spiro atoms. The molecule has 3 heteroatoms. The van der Waals surface area contributed by atoms with Crippen LogP contribution in [0.3, 0.4) is 0 Å². The van der Waals surface area contributed by atoms with Gasteiger partial charge in [-0.25, -0.2) is 0 Å². The van der Waals surface area contributed by atoms with Crippen LogP contribution in [-0.4, -0.2) is 29.1 Å². The van der Waals surface area contributed by atoms with E-state index in [1.165, 1.54) is 19.3 Å².